The van der Waals surface area contributed by atoms with Gasteiger partial charge in [-0.15, -0.1) is 0 Å². The molecule has 2 N–H and O–H groups in total. The Morgan fingerprint density at radius 2 is 1.97 bits per heavy atom. The Bertz CT molecular complexity index is 1090. The fraction of sp³-hybridized carbons (Fsp3) is 0.240. The predicted molar refractivity (Wildman–Crippen MR) is 124 cm³/mol. The Morgan fingerprint density at radius 3 is 2.73 bits per heavy atom. The van der Waals surface area contributed by atoms with Crippen LogP contribution in [-0.2, 0) is 9.59 Å². The zero-order chi connectivity index (χ0) is 23.0. The molecule has 2 heterocycles. The maximum Gasteiger partial charge on any atom is 0.307 e. The largest absolute Gasteiger partial charge is 0.485 e. The third-order valence-electron chi connectivity index (χ3n) is 5.21. The van der Waals surface area contributed by atoms with E-state index in [1.165, 1.54) is 0 Å². The standard InChI is InChI=1S/C25H25N3O5/c29-24-17-32-22-15-19(33-21(16-25(30)31)18-7-2-1-3-8-18)10-11-20(22)28(24)14-6-13-27-23-9-4-5-12-26-23/h1-5,7-12,15,21H,6,13-14,16-17H2,(H,26,27)(H,30,31). The van der Waals surface area contributed by atoms with Crippen LogP contribution >= 0.6 is 0 Å². The van der Waals surface area contributed by atoms with Crippen LogP contribution in [0.1, 0.15) is 24.5 Å². The van der Waals surface area contributed by atoms with E-state index in [0.29, 0.717) is 30.3 Å². The van der Waals surface area contributed by atoms with Crippen LogP contribution in [0.25, 0.3) is 0 Å². The van der Waals surface area contributed by atoms with E-state index in [1.807, 2.05) is 48.5 Å². The number of amides is 1. The van der Waals surface area contributed by atoms with Gasteiger partial charge < -0.3 is 24.8 Å². The van der Waals surface area contributed by atoms with E-state index in [9.17, 15) is 14.7 Å². The number of pyridine rings is 1. The molecule has 1 amide bonds. The molecule has 0 bridgehead atoms. The number of aromatic nitrogens is 1. The Labute approximate surface area is 191 Å². The second-order valence-electron chi connectivity index (χ2n) is 7.57. The van der Waals surface area contributed by atoms with E-state index in [2.05, 4.69) is 10.3 Å². The fourth-order valence-electron chi connectivity index (χ4n) is 3.64. The Hall–Kier alpha value is -4.07. The zero-order valence-corrected chi connectivity index (χ0v) is 18.0. The predicted octanol–water partition coefficient (Wildman–Crippen LogP) is 3.90. The van der Waals surface area contributed by atoms with Gasteiger partial charge in [-0.2, -0.15) is 0 Å². The first kappa shape index (κ1) is 22.1. The molecule has 0 saturated heterocycles. The van der Waals surface area contributed by atoms with Crippen molar-refractivity contribution in [2.45, 2.75) is 18.9 Å². The minimum atomic E-state index is -0.950. The number of rotatable bonds is 10. The topological polar surface area (TPSA) is 101 Å². The molecule has 0 fully saturated rings. The SMILES string of the molecule is O=C(O)CC(Oc1ccc2c(c1)OCC(=O)N2CCCNc1ccccn1)c1ccccc1. The first-order valence-electron chi connectivity index (χ1n) is 10.8. The van der Waals surface area contributed by atoms with Crippen molar-refractivity contribution in [2.24, 2.45) is 0 Å². The molecule has 3 aromatic rings. The zero-order valence-electron chi connectivity index (χ0n) is 18.0. The number of fused-ring (bicyclic) bond motifs is 1. The molecule has 8 nitrogen and oxygen atoms in total. The summed E-state index contributed by atoms with van der Waals surface area (Å²) in [4.78, 5) is 29.7. The summed E-state index contributed by atoms with van der Waals surface area (Å²) in [5.74, 6) is 0.750. The Morgan fingerprint density at radius 1 is 1.15 bits per heavy atom. The molecular weight excluding hydrogens is 422 g/mol. The first-order chi connectivity index (χ1) is 16.1. The summed E-state index contributed by atoms with van der Waals surface area (Å²) in [5.41, 5.74) is 1.45. The van der Waals surface area contributed by atoms with Gasteiger partial charge in [0.25, 0.3) is 5.91 Å². The van der Waals surface area contributed by atoms with Gasteiger partial charge in [0.1, 0.15) is 23.4 Å². The highest BCUT2D eigenvalue weighted by atomic mass is 16.5. The summed E-state index contributed by atoms with van der Waals surface area (Å²) in [6.45, 7) is 1.15. The molecule has 8 heteroatoms. The molecule has 33 heavy (non-hydrogen) atoms. The van der Waals surface area contributed by atoms with Crippen LogP contribution in [0.5, 0.6) is 11.5 Å². The van der Waals surface area contributed by atoms with Crippen molar-refractivity contribution >= 4 is 23.4 Å². The van der Waals surface area contributed by atoms with Gasteiger partial charge in [0, 0.05) is 25.4 Å². The van der Waals surface area contributed by atoms with Gasteiger partial charge in [-0.3, -0.25) is 9.59 Å². The lowest BCUT2D eigenvalue weighted by molar-refractivity contribution is -0.139. The first-order valence-corrected chi connectivity index (χ1v) is 10.8. The van der Waals surface area contributed by atoms with Crippen LogP contribution < -0.4 is 19.7 Å². The molecule has 0 aliphatic carbocycles. The van der Waals surface area contributed by atoms with Gasteiger partial charge in [-0.05, 0) is 36.2 Å². The Balaban J connectivity index is 1.43. The maximum absolute atomic E-state index is 12.5. The number of carbonyl (C=O) groups excluding carboxylic acids is 1. The third kappa shape index (κ3) is 5.79. The molecule has 170 valence electrons. The van der Waals surface area contributed by atoms with E-state index in [0.717, 1.165) is 17.8 Å². The second-order valence-corrected chi connectivity index (χ2v) is 7.57. The lowest BCUT2D eigenvalue weighted by atomic mass is 10.1. The van der Waals surface area contributed by atoms with E-state index in [4.69, 9.17) is 9.47 Å². The van der Waals surface area contributed by atoms with Crippen LogP contribution in [0.2, 0.25) is 0 Å². The maximum atomic E-state index is 12.5. The Kier molecular flexibility index (Phi) is 7.04. The van der Waals surface area contributed by atoms with Crippen molar-refractivity contribution in [1.82, 2.24) is 4.98 Å². The molecule has 0 spiro atoms. The van der Waals surface area contributed by atoms with Crippen LogP contribution in [0.15, 0.2) is 72.9 Å². The fourth-order valence-corrected chi connectivity index (χ4v) is 3.64. The highest BCUT2D eigenvalue weighted by molar-refractivity contribution is 5.97. The van der Waals surface area contributed by atoms with E-state index in [1.54, 1.807) is 29.3 Å². The number of nitrogens with one attached hydrogen (secondary N) is 1. The smallest absolute Gasteiger partial charge is 0.307 e. The normalized spacial score (nSPS) is 13.6. The molecular formula is C25H25N3O5. The number of carboxylic acid groups (broad SMARTS) is 1. The van der Waals surface area contributed by atoms with Crippen molar-refractivity contribution in [3.05, 3.63) is 78.5 Å². The molecule has 1 atom stereocenters. The molecule has 1 aliphatic rings. The molecule has 0 saturated carbocycles. The van der Waals surface area contributed by atoms with Gasteiger partial charge in [0.05, 0.1) is 12.1 Å². The minimum absolute atomic E-state index is 0.0542. The number of carboxylic acids is 1. The monoisotopic (exact) mass is 447 g/mol. The van der Waals surface area contributed by atoms with Gasteiger partial charge in [0.2, 0.25) is 0 Å². The van der Waals surface area contributed by atoms with Crippen molar-refractivity contribution in [1.29, 1.82) is 0 Å². The highest BCUT2D eigenvalue weighted by Crippen LogP contribution is 2.37. The molecule has 1 aromatic heterocycles. The quantitative estimate of drug-likeness (QED) is 0.455. The van der Waals surface area contributed by atoms with Gasteiger partial charge in [-0.1, -0.05) is 36.4 Å². The lowest BCUT2D eigenvalue weighted by Gasteiger charge is -2.30. The number of carbonyl (C=O) groups is 2. The summed E-state index contributed by atoms with van der Waals surface area (Å²) in [5, 5.41) is 12.5. The van der Waals surface area contributed by atoms with E-state index in [-0.39, 0.29) is 18.9 Å². The van der Waals surface area contributed by atoms with E-state index >= 15 is 0 Å². The number of ether oxygens (including phenoxy) is 2. The van der Waals surface area contributed by atoms with Crippen molar-refractivity contribution < 1.29 is 24.2 Å². The van der Waals surface area contributed by atoms with Gasteiger partial charge in [0.15, 0.2) is 6.61 Å². The summed E-state index contributed by atoms with van der Waals surface area (Å²) in [7, 11) is 0. The van der Waals surface area contributed by atoms with Crippen LogP contribution in [0, 0.1) is 0 Å². The molecule has 1 aliphatic heterocycles. The molecule has 2 aromatic carbocycles. The second kappa shape index (κ2) is 10.5. The average molecular weight is 447 g/mol. The minimum Gasteiger partial charge on any atom is -0.485 e. The number of aliphatic carboxylic acids is 1. The summed E-state index contributed by atoms with van der Waals surface area (Å²) >= 11 is 0. The molecule has 1 unspecified atom stereocenters. The average Bonchev–Trinajstić information content (AvgIpc) is 2.83. The van der Waals surface area contributed by atoms with Crippen molar-refractivity contribution in [2.75, 3.05) is 29.9 Å². The van der Waals surface area contributed by atoms with Crippen molar-refractivity contribution in [3.8, 4) is 11.5 Å². The summed E-state index contributed by atoms with van der Waals surface area (Å²) < 4.78 is 11.6. The lowest BCUT2D eigenvalue weighted by Crippen LogP contribution is -2.39. The summed E-state index contributed by atoms with van der Waals surface area (Å²) in [6, 6.07) is 20.1. The number of benzene rings is 2. The van der Waals surface area contributed by atoms with Crippen LogP contribution in [0.3, 0.4) is 0 Å². The van der Waals surface area contributed by atoms with Gasteiger partial charge >= 0.3 is 5.97 Å². The number of nitrogens with zero attached hydrogens (tertiary/aromatic N) is 2. The number of hydrogen-bond donors (Lipinski definition) is 2. The van der Waals surface area contributed by atoms with Crippen LogP contribution in [-0.4, -0.2) is 41.7 Å². The molecule has 4 rings (SSSR count). The number of hydrogen-bond acceptors (Lipinski definition) is 6. The van der Waals surface area contributed by atoms with Crippen molar-refractivity contribution in [3.63, 3.8) is 0 Å². The highest BCUT2D eigenvalue weighted by Gasteiger charge is 2.26. The van der Waals surface area contributed by atoms with Gasteiger partial charge in [-0.25, -0.2) is 4.98 Å². The molecule has 0 radical (unpaired) electrons. The van der Waals surface area contributed by atoms with Crippen LogP contribution in [0.4, 0.5) is 11.5 Å². The number of anilines is 2. The third-order valence-corrected chi connectivity index (χ3v) is 5.21. The summed E-state index contributed by atoms with van der Waals surface area (Å²) in [6.07, 6.45) is 1.65. The van der Waals surface area contributed by atoms with E-state index < -0.39 is 12.1 Å².